The number of nitrogens with one attached hydrogen (secondary N) is 3. The fourth-order valence-corrected chi connectivity index (χ4v) is 22.2. The first-order valence-electron chi connectivity index (χ1n) is 30.7. The van der Waals surface area contributed by atoms with Crippen LogP contribution in [0.2, 0.25) is 0 Å². The van der Waals surface area contributed by atoms with E-state index in [1.807, 2.05) is 181 Å². The second-order valence-corrected chi connectivity index (χ2v) is 31.0. The Morgan fingerprint density at radius 2 is 0.772 bits per heavy atom. The molecule has 23 nitrogen and oxygen atoms in total. The third kappa shape index (κ3) is 27.0. The van der Waals surface area contributed by atoms with Crippen molar-refractivity contribution in [2.24, 2.45) is 17.2 Å². The van der Waals surface area contributed by atoms with Crippen LogP contribution in [-0.2, 0) is 28.7 Å². The molecule has 0 aliphatic heterocycles. The van der Waals surface area contributed by atoms with Gasteiger partial charge in [-0.1, -0.05) is 28.7 Å². The van der Waals surface area contributed by atoms with Gasteiger partial charge < -0.3 is 57.5 Å². The van der Waals surface area contributed by atoms with Crippen molar-refractivity contribution in [3.05, 3.63) is 95.3 Å². The molecule has 0 saturated carbocycles. The zero-order valence-electron chi connectivity index (χ0n) is 56.2. The molecule has 0 aromatic heterocycles. The van der Waals surface area contributed by atoms with Crippen molar-refractivity contribution in [3.8, 4) is 0 Å². The summed E-state index contributed by atoms with van der Waals surface area (Å²) in [4.78, 5) is 159. The van der Waals surface area contributed by atoms with E-state index in [1.165, 1.54) is 23.6 Å². The fourth-order valence-electron chi connectivity index (χ4n) is 9.73. The Labute approximate surface area is 711 Å². The summed E-state index contributed by atoms with van der Waals surface area (Å²) in [5.41, 5.74) is 21.4. The van der Waals surface area contributed by atoms with Crippen molar-refractivity contribution in [2.75, 3.05) is 99.6 Å². The predicted octanol–water partition coefficient (Wildman–Crippen LogP) is 14.2. The molecule has 0 atom stereocenters. The maximum Gasteiger partial charge on any atom is 0.254 e. The van der Waals surface area contributed by atoms with E-state index in [4.69, 9.17) is 49.9 Å². The van der Waals surface area contributed by atoms with Gasteiger partial charge in [0.05, 0.1) is 67.4 Å². The van der Waals surface area contributed by atoms with Gasteiger partial charge in [0.1, 0.15) is 0 Å². The van der Waals surface area contributed by atoms with Crippen LogP contribution in [0.4, 0.5) is 22.7 Å². The van der Waals surface area contributed by atoms with Crippen LogP contribution in [0.25, 0.3) is 0 Å². The summed E-state index contributed by atoms with van der Waals surface area (Å²) in [6, 6.07) is 0. The van der Waals surface area contributed by atoms with E-state index in [1.54, 1.807) is 55.6 Å². The molecule has 0 fully saturated rings. The summed E-state index contributed by atoms with van der Waals surface area (Å²) in [6.07, 6.45) is 0.469. The van der Waals surface area contributed by atoms with Gasteiger partial charge in [-0.2, -0.15) is 0 Å². The van der Waals surface area contributed by atoms with Crippen molar-refractivity contribution in [1.82, 2.24) is 5.32 Å². The minimum Gasteiger partial charge on any atom is -0.396 e. The number of carbonyl (C=O) groups is 12. The monoisotopic (exact) mass is 2340 g/mol. The van der Waals surface area contributed by atoms with Crippen LogP contribution in [0.15, 0.2) is 0 Å². The smallest absolute Gasteiger partial charge is 0.254 e. The van der Waals surface area contributed by atoms with Crippen LogP contribution >= 0.6 is 204 Å². The molecule has 0 spiro atoms. The van der Waals surface area contributed by atoms with Gasteiger partial charge in [-0.15, -0.1) is 11.6 Å². The molecular formula is C68H88Cl2I8N8O15. The molecule has 5 amide bonds. The molecule has 4 aromatic rings. The average Bonchev–Trinajstić information content (AvgIpc) is 0.786. The molecule has 33 heteroatoms. The van der Waals surface area contributed by atoms with E-state index in [0.717, 1.165) is 0 Å². The molecule has 0 heterocycles. The highest BCUT2D eigenvalue weighted by Gasteiger charge is 2.33. The van der Waals surface area contributed by atoms with Crippen LogP contribution in [0.3, 0.4) is 0 Å². The van der Waals surface area contributed by atoms with Crippen LogP contribution < -0.4 is 43.0 Å². The molecule has 4 aromatic carbocycles. The normalized spacial score (nSPS) is 10.6. The average molecular weight is 2340 g/mol. The van der Waals surface area contributed by atoms with Gasteiger partial charge in [0.25, 0.3) is 11.1 Å². The summed E-state index contributed by atoms with van der Waals surface area (Å²) in [7, 11) is 3.17. The number of halogens is 10. The number of rotatable bonds is 35. The number of aliphatic hydroxyl groups excluding tert-OH is 1. The van der Waals surface area contributed by atoms with Crippen LogP contribution in [-0.4, -0.2) is 154 Å². The molecule has 0 saturated heterocycles. The van der Waals surface area contributed by atoms with Crippen molar-refractivity contribution in [3.63, 3.8) is 0 Å². The number of amides is 5. The number of aliphatic hydroxyl groups is 1. The molecule has 4 rings (SSSR count). The summed E-state index contributed by atoms with van der Waals surface area (Å²) in [5, 5.41) is 16.9. The molecule has 0 aliphatic carbocycles. The van der Waals surface area contributed by atoms with E-state index in [-0.39, 0.29) is 178 Å². The highest BCUT2D eigenvalue weighted by Crippen LogP contribution is 2.42. The van der Waals surface area contributed by atoms with Crippen LogP contribution in [0.5, 0.6) is 0 Å². The number of ketones is 6. The molecule has 0 radical (unpaired) electrons. The Morgan fingerprint density at radius 1 is 0.446 bits per heavy atom. The first kappa shape index (κ1) is 99.1. The van der Waals surface area contributed by atoms with E-state index in [0.29, 0.717) is 131 Å². The number of carbonyl (C=O) groups excluding carboxylic acids is 12. The third-order valence-corrected chi connectivity index (χ3v) is 23.9. The minimum atomic E-state index is -0.765. The molecule has 0 unspecified atom stereocenters. The van der Waals surface area contributed by atoms with Crippen molar-refractivity contribution >= 4 is 296 Å². The Balaban J connectivity index is 0.00000178. The number of ether oxygens (including phenoxy) is 2. The first-order chi connectivity index (χ1) is 46.5. The summed E-state index contributed by atoms with van der Waals surface area (Å²) in [5.74, 6) is -3.29. The number of Topliss-reactive ketones (excluding diaryl/α,β-unsaturated/α-hetero) is 6. The maximum atomic E-state index is 13.8. The second kappa shape index (κ2) is 49.2. The SMILES string of the molecule is C.C.CCC(=O)c1c(I)c(C(=O)CCC(=O)Nc2c(C)c(C(=O)CCCCl)c(I)c(C(=O)Cl)c2I)c(C)c(N(C)C(C)=O)c1I.CCC(=O)c1c(I)c(C(=O)CCC(=O)Nc2c(C)c(C(=O)CCCO)c(I)c(C(=O)NCCOCCN)c2I)c(C)c(N(C)C(C)=O)c1I.NCCOCCN. The van der Waals surface area contributed by atoms with Gasteiger partial charge >= 0.3 is 0 Å². The van der Waals surface area contributed by atoms with Crippen molar-refractivity contribution < 1.29 is 72.1 Å². The van der Waals surface area contributed by atoms with Gasteiger partial charge in [0.15, 0.2) is 34.7 Å². The molecule has 10 N–H and O–H groups in total. The fraction of sp³-hybridized carbons (Fsp3) is 0.471. The number of benzene rings is 4. The van der Waals surface area contributed by atoms with E-state index >= 15 is 0 Å². The number of hydrogen-bond donors (Lipinski definition) is 7. The highest BCUT2D eigenvalue weighted by molar-refractivity contribution is 14.1. The van der Waals surface area contributed by atoms with Gasteiger partial charge in [-0.25, -0.2) is 0 Å². The largest absolute Gasteiger partial charge is 0.396 e. The Bertz CT molecular complexity index is 3760. The van der Waals surface area contributed by atoms with Gasteiger partial charge in [0, 0.05) is 173 Å². The Hall–Kier alpha value is -1.90. The summed E-state index contributed by atoms with van der Waals surface area (Å²) in [6.45, 7) is 16.4. The van der Waals surface area contributed by atoms with E-state index < -0.39 is 23.0 Å². The quantitative estimate of drug-likeness (QED) is 0.00739. The zero-order valence-corrected chi connectivity index (χ0v) is 75.0. The molecule has 560 valence electrons. The van der Waals surface area contributed by atoms with Gasteiger partial charge in [0.2, 0.25) is 23.6 Å². The summed E-state index contributed by atoms with van der Waals surface area (Å²) < 4.78 is 14.0. The number of anilines is 4. The zero-order chi connectivity index (χ0) is 75.6. The van der Waals surface area contributed by atoms with Crippen LogP contribution in [0.1, 0.15) is 212 Å². The lowest BCUT2D eigenvalue weighted by atomic mass is 9.94. The van der Waals surface area contributed by atoms with Crippen LogP contribution in [0, 0.1) is 56.3 Å². The topological polar surface area (TPSA) is 364 Å². The van der Waals surface area contributed by atoms with Crippen molar-refractivity contribution in [1.29, 1.82) is 0 Å². The van der Waals surface area contributed by atoms with E-state index in [9.17, 15) is 62.6 Å². The van der Waals surface area contributed by atoms with Crippen molar-refractivity contribution in [2.45, 2.75) is 134 Å². The number of hydrogen-bond acceptors (Lipinski definition) is 18. The lowest BCUT2D eigenvalue weighted by Gasteiger charge is -2.25. The molecule has 0 aliphatic rings. The maximum absolute atomic E-state index is 13.8. The minimum absolute atomic E-state index is 0. The lowest BCUT2D eigenvalue weighted by Crippen LogP contribution is -2.30. The molecular weight excluding hydrogens is 2250 g/mol. The number of alkyl halides is 1. The first-order valence-corrected chi connectivity index (χ1v) is 40.3. The van der Waals surface area contributed by atoms with E-state index in [2.05, 4.69) is 16.0 Å². The van der Waals surface area contributed by atoms with Gasteiger partial charge in [-0.05, 0) is 255 Å². The molecule has 0 bridgehead atoms. The second-order valence-electron chi connectivity index (χ2n) is 21.7. The number of nitrogens with zero attached hydrogens (tertiary/aromatic N) is 2. The Kier molecular flexibility index (Phi) is 48.3. The predicted molar refractivity (Wildman–Crippen MR) is 468 cm³/mol. The highest BCUT2D eigenvalue weighted by atomic mass is 127. The third-order valence-electron chi connectivity index (χ3n) is 14.9. The summed E-state index contributed by atoms with van der Waals surface area (Å²) >= 11 is 27.4. The molecule has 101 heavy (non-hydrogen) atoms. The Morgan fingerprint density at radius 3 is 1.11 bits per heavy atom. The van der Waals surface area contributed by atoms with Gasteiger partial charge in [-0.3, -0.25) is 57.5 Å². The lowest BCUT2D eigenvalue weighted by molar-refractivity contribution is -0.117. The number of nitrogens with two attached hydrogens (primary N) is 3. The standard InChI is InChI=1S/C33H40I4N4O8.C29H28Cl2I4N2O6.C4H12N2O.2CH4/c1-6-19(44)25-27(34)24(17(3)32(30(25)37)41(5)18(4)43)21(46)9-10-22(47)40-31-16(2)23(20(45)8-7-13-42)28(35)26(29(31)36)33(48)39-12-15-49-14-11-38;1-6-15(39)21-23(32)20(13(3)28(26(21)35)37(5)14(4)38)17(41)9-10-18(42)36-27-12(2)19(16(40)8-7-11-30)24(33)22(25(27)34)29(31)43;5-1-3-7-4-2-6;;/h42H,6-15,38H2,1-5H3,(H,39,48)(H,40,47);6-11H2,1-5H3,(H,36,42);1-6H2;2*1H4.